The minimum atomic E-state index is -0.777. The van der Waals surface area contributed by atoms with Gasteiger partial charge in [0.2, 0.25) is 23.6 Å². The number of nitrogens with one attached hydrogen (secondary N) is 1. The van der Waals surface area contributed by atoms with E-state index in [4.69, 9.17) is 11.6 Å². The summed E-state index contributed by atoms with van der Waals surface area (Å²) in [4.78, 5) is 56.2. The highest BCUT2D eigenvalue weighted by molar-refractivity contribution is 6.30. The molecule has 8 heteroatoms. The van der Waals surface area contributed by atoms with Gasteiger partial charge < -0.3 is 10.2 Å². The van der Waals surface area contributed by atoms with Crippen LogP contribution in [-0.2, 0) is 32.1 Å². The van der Waals surface area contributed by atoms with Crippen LogP contribution >= 0.6 is 11.6 Å². The van der Waals surface area contributed by atoms with E-state index >= 15 is 0 Å². The fourth-order valence-electron chi connectivity index (χ4n) is 5.22. The van der Waals surface area contributed by atoms with Crippen LogP contribution < -0.4 is 5.32 Å². The summed E-state index contributed by atoms with van der Waals surface area (Å²) in [7, 11) is 0. The topological polar surface area (TPSA) is 86.8 Å². The van der Waals surface area contributed by atoms with Crippen molar-refractivity contribution in [1.82, 2.24) is 15.1 Å². The summed E-state index contributed by atoms with van der Waals surface area (Å²) in [5.41, 5.74) is 1.75. The van der Waals surface area contributed by atoms with Crippen molar-refractivity contribution in [3.63, 3.8) is 0 Å². The third kappa shape index (κ3) is 6.95. The number of halogens is 1. The summed E-state index contributed by atoms with van der Waals surface area (Å²) >= 11 is 6.09. The van der Waals surface area contributed by atoms with E-state index in [-0.39, 0.29) is 61.0 Å². The number of hydrogen-bond acceptors (Lipinski definition) is 4. The summed E-state index contributed by atoms with van der Waals surface area (Å²) in [6.45, 7) is 4.12. The van der Waals surface area contributed by atoms with Crippen molar-refractivity contribution >= 4 is 35.2 Å². The molecule has 0 bridgehead atoms. The molecule has 206 valence electrons. The highest BCUT2D eigenvalue weighted by Gasteiger charge is 2.47. The van der Waals surface area contributed by atoms with Gasteiger partial charge in [-0.15, -0.1) is 0 Å². The van der Waals surface area contributed by atoms with Crippen LogP contribution in [0.3, 0.4) is 0 Å². The first-order valence-electron chi connectivity index (χ1n) is 13.7. The predicted molar refractivity (Wildman–Crippen MR) is 151 cm³/mol. The number of nitrogens with zero attached hydrogens (tertiary/aromatic N) is 2. The third-order valence-corrected chi connectivity index (χ3v) is 7.94. The van der Waals surface area contributed by atoms with Gasteiger partial charge in [-0.1, -0.05) is 73.1 Å². The highest BCUT2D eigenvalue weighted by Crippen LogP contribution is 2.35. The van der Waals surface area contributed by atoms with E-state index in [0.717, 1.165) is 17.5 Å². The van der Waals surface area contributed by atoms with Crippen molar-refractivity contribution in [2.24, 2.45) is 11.8 Å². The van der Waals surface area contributed by atoms with Crippen molar-refractivity contribution < 1.29 is 19.2 Å². The molecule has 4 amide bonds. The number of carbonyl (C=O) groups is 4. The molecule has 1 saturated heterocycles. The molecule has 0 spiro atoms. The number of likely N-dealkylation sites (tertiary alicyclic amines) is 1. The van der Waals surface area contributed by atoms with E-state index in [1.165, 1.54) is 4.90 Å². The second-order valence-electron chi connectivity index (χ2n) is 10.4. The smallest absolute Gasteiger partial charge is 0.243 e. The second kappa shape index (κ2) is 13.1. The van der Waals surface area contributed by atoms with Gasteiger partial charge in [0, 0.05) is 37.0 Å². The number of hydrogen-bond donors (Lipinski definition) is 1. The molecule has 1 fully saturated rings. The fourth-order valence-corrected chi connectivity index (χ4v) is 5.35. The van der Waals surface area contributed by atoms with Gasteiger partial charge in [0.15, 0.2) is 0 Å². The van der Waals surface area contributed by atoms with E-state index < -0.39 is 6.04 Å². The van der Waals surface area contributed by atoms with Crippen molar-refractivity contribution in [3.05, 3.63) is 82.9 Å². The monoisotopic (exact) mass is 549 g/mol. The Hall–Kier alpha value is -3.45. The number of benzene rings is 2. The van der Waals surface area contributed by atoms with Gasteiger partial charge in [-0.05, 0) is 49.4 Å². The average Bonchev–Trinajstić information content (AvgIpc) is 3.19. The van der Waals surface area contributed by atoms with Crippen LogP contribution in [0.25, 0.3) is 0 Å². The molecule has 0 saturated carbocycles. The highest BCUT2D eigenvalue weighted by atomic mass is 35.5. The van der Waals surface area contributed by atoms with Crippen LogP contribution in [-0.4, -0.2) is 52.1 Å². The van der Waals surface area contributed by atoms with Gasteiger partial charge in [0.05, 0.1) is 11.8 Å². The van der Waals surface area contributed by atoms with E-state index in [0.29, 0.717) is 24.3 Å². The Bertz CT molecular complexity index is 1190. The molecule has 1 aliphatic heterocycles. The molecule has 0 unspecified atom stereocenters. The second-order valence-corrected chi connectivity index (χ2v) is 10.8. The van der Waals surface area contributed by atoms with Gasteiger partial charge in [-0.2, -0.15) is 0 Å². The lowest BCUT2D eigenvalue weighted by molar-refractivity contribution is -0.144. The maximum absolute atomic E-state index is 13.8. The predicted octanol–water partition coefficient (Wildman–Crippen LogP) is 4.54. The molecular weight excluding hydrogens is 514 g/mol. The first kappa shape index (κ1) is 28.6. The van der Waals surface area contributed by atoms with Crippen molar-refractivity contribution in [2.75, 3.05) is 6.54 Å². The summed E-state index contributed by atoms with van der Waals surface area (Å²) in [5, 5.41) is 3.62. The molecule has 4 rings (SSSR count). The number of allylic oxidation sites excluding steroid dienone is 2. The van der Waals surface area contributed by atoms with Gasteiger partial charge in [-0.3, -0.25) is 24.1 Å². The zero-order chi connectivity index (χ0) is 27.9. The first-order chi connectivity index (χ1) is 18.8. The third-order valence-electron chi connectivity index (χ3n) is 7.69. The van der Waals surface area contributed by atoms with Crippen molar-refractivity contribution in [1.29, 1.82) is 0 Å². The lowest BCUT2D eigenvalue weighted by Gasteiger charge is -2.33. The van der Waals surface area contributed by atoms with Crippen molar-refractivity contribution in [2.45, 2.75) is 64.6 Å². The molecule has 7 nitrogen and oxygen atoms in total. The Morgan fingerprint density at radius 3 is 2.18 bits per heavy atom. The Morgan fingerprint density at radius 2 is 1.59 bits per heavy atom. The van der Waals surface area contributed by atoms with Gasteiger partial charge in [-0.25, -0.2) is 0 Å². The maximum atomic E-state index is 13.8. The van der Waals surface area contributed by atoms with E-state index in [9.17, 15) is 19.2 Å². The number of fused-ring (bicyclic) bond motifs is 1. The summed E-state index contributed by atoms with van der Waals surface area (Å²) in [6, 6.07) is 15.9. The zero-order valence-corrected chi connectivity index (χ0v) is 23.3. The Kier molecular flexibility index (Phi) is 9.57. The Labute approximate surface area is 235 Å². The quantitative estimate of drug-likeness (QED) is 0.329. The molecule has 39 heavy (non-hydrogen) atoms. The summed E-state index contributed by atoms with van der Waals surface area (Å²) in [5.74, 6) is -1.62. The molecule has 2 aromatic carbocycles. The number of imide groups is 1. The summed E-state index contributed by atoms with van der Waals surface area (Å²) < 4.78 is 0. The van der Waals surface area contributed by atoms with E-state index in [1.54, 1.807) is 17.0 Å². The van der Waals surface area contributed by atoms with Crippen LogP contribution in [0.2, 0.25) is 5.02 Å². The number of rotatable bonds is 11. The lowest BCUT2D eigenvalue weighted by atomic mass is 9.85. The lowest BCUT2D eigenvalue weighted by Crippen LogP contribution is -2.52. The molecule has 1 aliphatic carbocycles. The molecule has 1 heterocycles. The normalized spacial score (nSPS) is 19.9. The van der Waals surface area contributed by atoms with Gasteiger partial charge in [0.25, 0.3) is 0 Å². The molecule has 2 aromatic rings. The van der Waals surface area contributed by atoms with Crippen LogP contribution in [0, 0.1) is 11.8 Å². The molecule has 2 aliphatic rings. The largest absolute Gasteiger partial charge is 0.352 e. The van der Waals surface area contributed by atoms with Crippen LogP contribution in [0.4, 0.5) is 0 Å². The van der Waals surface area contributed by atoms with Crippen LogP contribution in [0.15, 0.2) is 66.7 Å². The molecule has 0 aromatic heterocycles. The van der Waals surface area contributed by atoms with Gasteiger partial charge >= 0.3 is 0 Å². The Balaban J connectivity index is 1.58. The summed E-state index contributed by atoms with van der Waals surface area (Å²) in [6.07, 6.45) is 6.03. The average molecular weight is 550 g/mol. The van der Waals surface area contributed by atoms with Gasteiger partial charge in [0.1, 0.15) is 6.04 Å². The maximum Gasteiger partial charge on any atom is 0.243 e. The molecule has 1 N–H and O–H groups in total. The molecular formula is C31H36ClN3O4. The number of amides is 4. The fraction of sp³-hybridized carbons (Fsp3) is 0.419. The van der Waals surface area contributed by atoms with Crippen LogP contribution in [0.5, 0.6) is 0 Å². The van der Waals surface area contributed by atoms with E-state index in [1.807, 2.05) is 68.5 Å². The molecule has 4 atom stereocenters. The first-order valence-corrected chi connectivity index (χ1v) is 14.0. The minimum Gasteiger partial charge on any atom is -0.352 e. The Morgan fingerprint density at radius 1 is 0.974 bits per heavy atom. The SMILES string of the molecule is CC[C@@H](C)NC(=O)[C@@H](Cc1ccccc1)N(Cc1ccc(Cl)cc1)C(=O)CCN1C(=O)[C@H]2CC=CC[C@H]2C1=O. The number of carbonyl (C=O) groups excluding carboxylic acids is 4. The minimum absolute atomic E-state index is 0.00561. The van der Waals surface area contributed by atoms with Crippen molar-refractivity contribution in [3.8, 4) is 0 Å². The zero-order valence-electron chi connectivity index (χ0n) is 22.5. The molecule has 0 radical (unpaired) electrons. The standard InChI is InChI=1S/C31H36ClN3O4/c1-3-21(2)33-29(37)27(19-22-9-5-4-6-10-22)35(20-23-13-15-24(32)16-14-23)28(36)17-18-34-30(38)25-11-7-8-12-26(25)31(34)39/h4-10,13-16,21,25-27H,3,11-12,17-20H2,1-2H3,(H,33,37)/t21-,25-,26+,27-/m1/s1. The van der Waals surface area contributed by atoms with E-state index in [2.05, 4.69) is 5.32 Å². The van der Waals surface area contributed by atoms with Crippen LogP contribution in [0.1, 0.15) is 50.7 Å².